The number of rotatable bonds is 5. The number of nitrogens with zero attached hydrogens (tertiary/aromatic N) is 5. The van der Waals surface area contributed by atoms with Gasteiger partial charge >= 0.3 is 0 Å². The molecule has 0 aromatic carbocycles. The average molecular weight is 436 g/mol. The van der Waals surface area contributed by atoms with Crippen LogP contribution in [0.1, 0.15) is 50.8 Å². The molecular formula is C24H33N7O. The van der Waals surface area contributed by atoms with Gasteiger partial charge in [-0.1, -0.05) is 6.92 Å². The highest BCUT2D eigenvalue weighted by molar-refractivity contribution is 5.96. The van der Waals surface area contributed by atoms with Crippen molar-refractivity contribution in [3.05, 3.63) is 30.4 Å². The highest BCUT2D eigenvalue weighted by Gasteiger charge is 2.25. The minimum absolute atomic E-state index is 0.218. The minimum atomic E-state index is -0.235. The summed E-state index contributed by atoms with van der Waals surface area (Å²) in [5.41, 5.74) is 10.6. The lowest BCUT2D eigenvalue weighted by atomic mass is 10.1. The van der Waals surface area contributed by atoms with E-state index in [4.69, 9.17) is 15.7 Å². The van der Waals surface area contributed by atoms with Gasteiger partial charge in [-0.3, -0.25) is 0 Å². The van der Waals surface area contributed by atoms with Crippen LogP contribution in [0.4, 0.5) is 11.6 Å². The number of aliphatic hydroxyl groups is 1. The van der Waals surface area contributed by atoms with Crippen LogP contribution in [0.15, 0.2) is 24.7 Å². The van der Waals surface area contributed by atoms with Crippen LogP contribution in [-0.2, 0) is 6.42 Å². The lowest BCUT2D eigenvalue weighted by Crippen LogP contribution is -2.31. The lowest BCUT2D eigenvalue weighted by molar-refractivity contribution is 0.182. The summed E-state index contributed by atoms with van der Waals surface area (Å²) in [5.74, 6) is 1.20. The molecule has 170 valence electrons. The number of hydrogen-bond acceptors (Lipinski definition) is 7. The van der Waals surface area contributed by atoms with E-state index in [1.165, 1.54) is 0 Å². The first-order chi connectivity index (χ1) is 15.5. The molecule has 0 radical (unpaired) electrons. The zero-order valence-corrected chi connectivity index (χ0v) is 19.0. The summed E-state index contributed by atoms with van der Waals surface area (Å²) in [5, 5.41) is 13.5. The normalized spacial score (nSPS) is 22.6. The van der Waals surface area contributed by atoms with Gasteiger partial charge in [0, 0.05) is 41.8 Å². The maximum absolute atomic E-state index is 9.92. The smallest absolute Gasteiger partial charge is 0.151 e. The third-order valence-corrected chi connectivity index (χ3v) is 7.01. The predicted octanol–water partition coefficient (Wildman–Crippen LogP) is 3.23. The van der Waals surface area contributed by atoms with E-state index < -0.39 is 0 Å². The van der Waals surface area contributed by atoms with Gasteiger partial charge in [0.15, 0.2) is 5.82 Å². The van der Waals surface area contributed by atoms with Crippen molar-refractivity contribution >= 4 is 22.7 Å². The Morgan fingerprint density at radius 3 is 2.69 bits per heavy atom. The van der Waals surface area contributed by atoms with Crippen molar-refractivity contribution in [2.24, 2.45) is 0 Å². The van der Waals surface area contributed by atoms with Crippen molar-refractivity contribution < 1.29 is 5.11 Å². The molecule has 4 N–H and O–H groups in total. The lowest BCUT2D eigenvalue weighted by Gasteiger charge is -2.29. The number of aromatic nitrogens is 4. The molecule has 1 saturated heterocycles. The fourth-order valence-corrected chi connectivity index (χ4v) is 5.04. The van der Waals surface area contributed by atoms with E-state index in [0.29, 0.717) is 17.4 Å². The van der Waals surface area contributed by atoms with Crippen molar-refractivity contribution in [1.29, 1.82) is 0 Å². The largest absolute Gasteiger partial charge is 0.393 e. The zero-order chi connectivity index (χ0) is 22.2. The second kappa shape index (κ2) is 8.67. The maximum atomic E-state index is 9.92. The highest BCUT2D eigenvalue weighted by Crippen LogP contribution is 2.33. The number of nitrogens with one attached hydrogen (secondary N) is 1. The van der Waals surface area contributed by atoms with Crippen LogP contribution in [0.5, 0.6) is 0 Å². The summed E-state index contributed by atoms with van der Waals surface area (Å²) in [7, 11) is 2.19. The Morgan fingerprint density at radius 1 is 1.16 bits per heavy atom. The maximum Gasteiger partial charge on any atom is 0.151 e. The molecular weight excluding hydrogens is 402 g/mol. The SMILES string of the molecule is CCc1nc2c(N)ncc(-c3ccn(C4CCN(C)CC4)c3)c2nc1N[C@@H]1CC[C@H](O)C1. The van der Waals surface area contributed by atoms with E-state index in [0.717, 1.165) is 79.8 Å². The van der Waals surface area contributed by atoms with Crippen LogP contribution in [0.3, 0.4) is 0 Å². The quantitative estimate of drug-likeness (QED) is 0.565. The van der Waals surface area contributed by atoms with E-state index in [-0.39, 0.29) is 12.1 Å². The minimum Gasteiger partial charge on any atom is -0.393 e. The van der Waals surface area contributed by atoms with Gasteiger partial charge in [-0.2, -0.15) is 0 Å². The molecule has 2 aliphatic rings. The molecule has 0 bridgehead atoms. The van der Waals surface area contributed by atoms with Crippen LogP contribution >= 0.6 is 0 Å². The van der Waals surface area contributed by atoms with Crippen molar-refractivity contribution in [2.45, 2.75) is 63.6 Å². The van der Waals surface area contributed by atoms with E-state index in [1.807, 2.05) is 6.20 Å². The number of hydrogen-bond donors (Lipinski definition) is 3. The zero-order valence-electron chi connectivity index (χ0n) is 19.0. The molecule has 5 rings (SSSR count). The first kappa shape index (κ1) is 21.2. The van der Waals surface area contributed by atoms with E-state index in [2.05, 4.69) is 52.2 Å². The van der Waals surface area contributed by atoms with Crippen LogP contribution < -0.4 is 11.1 Å². The second-order valence-electron chi connectivity index (χ2n) is 9.32. The van der Waals surface area contributed by atoms with Gasteiger partial charge < -0.3 is 25.6 Å². The summed E-state index contributed by atoms with van der Waals surface area (Å²) < 4.78 is 2.33. The number of pyridine rings is 1. The van der Waals surface area contributed by atoms with Gasteiger partial charge in [0.1, 0.15) is 16.9 Å². The van der Waals surface area contributed by atoms with Crippen LogP contribution in [-0.4, -0.2) is 61.8 Å². The van der Waals surface area contributed by atoms with Gasteiger partial charge in [-0.25, -0.2) is 15.0 Å². The van der Waals surface area contributed by atoms with Crippen molar-refractivity contribution in [1.82, 2.24) is 24.4 Å². The molecule has 4 heterocycles. The summed E-state index contributed by atoms with van der Waals surface area (Å²) >= 11 is 0. The van der Waals surface area contributed by atoms with Gasteiger partial charge in [-0.05, 0) is 64.7 Å². The molecule has 3 aromatic rings. The van der Waals surface area contributed by atoms with Crippen LogP contribution in [0.2, 0.25) is 0 Å². The number of aliphatic hydroxyl groups excluding tert-OH is 1. The van der Waals surface area contributed by atoms with Crippen LogP contribution in [0, 0.1) is 0 Å². The monoisotopic (exact) mass is 435 g/mol. The van der Waals surface area contributed by atoms with Gasteiger partial charge in [0.25, 0.3) is 0 Å². The van der Waals surface area contributed by atoms with E-state index in [9.17, 15) is 5.11 Å². The standard InChI is InChI=1S/C24H33N7O/c1-3-20-24(27-16-4-5-18(32)12-16)29-21-19(13-26-23(25)22(21)28-20)15-6-11-31(14-15)17-7-9-30(2)10-8-17/h6,11,13-14,16-18,32H,3-5,7-10,12H2,1-2H3,(H2,25,26)(H,27,29)/t16-,18+/m1/s1. The summed E-state index contributed by atoms with van der Waals surface area (Å²) in [6.07, 6.45) is 11.5. The van der Waals surface area contributed by atoms with E-state index >= 15 is 0 Å². The number of piperidine rings is 1. The molecule has 1 aliphatic carbocycles. The molecule has 0 amide bonds. The van der Waals surface area contributed by atoms with Gasteiger partial charge in [0.05, 0.1) is 11.8 Å². The molecule has 2 atom stereocenters. The first-order valence-electron chi connectivity index (χ1n) is 11.8. The van der Waals surface area contributed by atoms with E-state index in [1.54, 1.807) is 0 Å². The summed E-state index contributed by atoms with van der Waals surface area (Å²) in [6, 6.07) is 2.88. The third kappa shape index (κ3) is 4.04. The predicted molar refractivity (Wildman–Crippen MR) is 128 cm³/mol. The number of likely N-dealkylation sites (tertiary alicyclic amines) is 1. The number of nitrogens with two attached hydrogens (primary N) is 1. The Bertz CT molecular complexity index is 1100. The van der Waals surface area contributed by atoms with Gasteiger partial charge in [-0.15, -0.1) is 0 Å². The van der Waals surface area contributed by atoms with Gasteiger partial charge in [0.2, 0.25) is 0 Å². The highest BCUT2D eigenvalue weighted by atomic mass is 16.3. The second-order valence-corrected chi connectivity index (χ2v) is 9.32. The molecule has 0 spiro atoms. The molecule has 2 fully saturated rings. The molecule has 3 aromatic heterocycles. The molecule has 1 saturated carbocycles. The molecule has 8 nitrogen and oxygen atoms in total. The summed E-state index contributed by atoms with van der Waals surface area (Å²) in [4.78, 5) is 16.7. The average Bonchev–Trinajstić information content (AvgIpc) is 3.43. The Kier molecular flexibility index (Phi) is 5.73. The molecule has 32 heavy (non-hydrogen) atoms. The van der Waals surface area contributed by atoms with Crippen molar-refractivity contribution in [2.75, 3.05) is 31.2 Å². The first-order valence-corrected chi connectivity index (χ1v) is 11.8. The molecule has 0 unspecified atom stereocenters. The van der Waals surface area contributed by atoms with Crippen molar-refractivity contribution in [3.63, 3.8) is 0 Å². The third-order valence-electron chi connectivity index (χ3n) is 7.01. The Morgan fingerprint density at radius 2 is 1.97 bits per heavy atom. The topological polar surface area (TPSA) is 105 Å². The Hall–Kier alpha value is -2.71. The Labute approximate surface area is 188 Å². The fraction of sp³-hybridized carbons (Fsp3) is 0.542. The molecule has 8 heteroatoms. The Balaban J connectivity index is 1.52. The number of fused-ring (bicyclic) bond motifs is 1. The molecule has 1 aliphatic heterocycles. The van der Waals surface area contributed by atoms with Crippen molar-refractivity contribution in [3.8, 4) is 11.1 Å². The van der Waals surface area contributed by atoms with Crippen LogP contribution in [0.25, 0.3) is 22.2 Å². The number of nitrogen functional groups attached to an aromatic ring is 1. The number of aryl methyl sites for hydroxylation is 1. The number of anilines is 2. The summed E-state index contributed by atoms with van der Waals surface area (Å²) in [6.45, 7) is 4.32. The fourth-order valence-electron chi connectivity index (χ4n) is 5.04.